The lowest BCUT2D eigenvalue weighted by Crippen LogP contribution is -2.36. The Hall–Kier alpha value is -0.730. The molecule has 3 heteroatoms. The largest absolute Gasteiger partial charge is 0.495 e. The second kappa shape index (κ2) is 6.15. The average Bonchev–Trinajstić information content (AvgIpc) is 2.40. The predicted octanol–water partition coefficient (Wildman–Crippen LogP) is 4.58. The van der Waals surface area contributed by atoms with E-state index in [1.54, 1.807) is 7.11 Å². The Balaban J connectivity index is 2.28. The van der Waals surface area contributed by atoms with Gasteiger partial charge in [0.1, 0.15) is 5.75 Å². The molecule has 0 aliphatic heterocycles. The van der Waals surface area contributed by atoms with Crippen LogP contribution in [0.15, 0.2) is 18.2 Å². The highest BCUT2D eigenvalue weighted by molar-refractivity contribution is 6.32. The van der Waals surface area contributed by atoms with Crippen molar-refractivity contribution < 1.29 is 4.74 Å². The number of hydrogen-bond donors (Lipinski definition) is 1. The van der Waals surface area contributed by atoms with Gasteiger partial charge in [-0.25, -0.2) is 0 Å². The topological polar surface area (TPSA) is 21.3 Å². The van der Waals surface area contributed by atoms with Crippen LogP contribution in [0.5, 0.6) is 5.75 Å². The van der Waals surface area contributed by atoms with E-state index in [1.807, 2.05) is 19.2 Å². The maximum atomic E-state index is 6.26. The second-order valence-electron chi connectivity index (χ2n) is 5.83. The van der Waals surface area contributed by atoms with Crippen molar-refractivity contribution in [1.29, 1.82) is 0 Å². The lowest BCUT2D eigenvalue weighted by molar-refractivity contribution is 0.150. The highest BCUT2D eigenvalue weighted by atomic mass is 35.5. The molecule has 0 spiro atoms. The van der Waals surface area contributed by atoms with Crippen LogP contribution in [0.2, 0.25) is 5.02 Å². The zero-order valence-electron chi connectivity index (χ0n) is 12.1. The summed E-state index contributed by atoms with van der Waals surface area (Å²) >= 11 is 6.26. The van der Waals surface area contributed by atoms with Gasteiger partial charge in [-0.3, -0.25) is 0 Å². The Kier molecular flexibility index (Phi) is 4.75. The molecule has 1 aromatic carbocycles. The molecular formula is C16H24ClNO. The number of nitrogens with one attached hydrogen (secondary N) is 1. The molecule has 1 unspecified atom stereocenters. The van der Waals surface area contributed by atoms with Gasteiger partial charge in [0, 0.05) is 6.04 Å². The Bertz CT molecular complexity index is 427. The third kappa shape index (κ3) is 3.06. The quantitative estimate of drug-likeness (QED) is 0.872. The molecule has 1 fully saturated rings. The van der Waals surface area contributed by atoms with Crippen molar-refractivity contribution in [2.75, 3.05) is 14.2 Å². The Morgan fingerprint density at radius 1 is 1.26 bits per heavy atom. The van der Waals surface area contributed by atoms with Crippen molar-refractivity contribution in [3.63, 3.8) is 0 Å². The van der Waals surface area contributed by atoms with Crippen molar-refractivity contribution in [3.05, 3.63) is 28.8 Å². The van der Waals surface area contributed by atoms with Crippen LogP contribution in [0.25, 0.3) is 0 Å². The molecule has 1 atom stereocenters. The van der Waals surface area contributed by atoms with E-state index in [4.69, 9.17) is 16.3 Å². The Morgan fingerprint density at radius 2 is 1.95 bits per heavy atom. The monoisotopic (exact) mass is 281 g/mol. The van der Waals surface area contributed by atoms with E-state index in [0.717, 1.165) is 5.75 Å². The van der Waals surface area contributed by atoms with Crippen molar-refractivity contribution in [3.8, 4) is 5.75 Å². The Morgan fingerprint density at radius 3 is 2.47 bits per heavy atom. The molecule has 0 amide bonds. The van der Waals surface area contributed by atoms with Gasteiger partial charge in [-0.15, -0.1) is 0 Å². The molecule has 1 N–H and O–H groups in total. The first kappa shape index (κ1) is 14.7. The number of ether oxygens (including phenoxy) is 1. The van der Waals surface area contributed by atoms with E-state index >= 15 is 0 Å². The molecule has 0 radical (unpaired) electrons. The number of rotatable bonds is 4. The summed E-state index contributed by atoms with van der Waals surface area (Å²) in [6.07, 6.45) is 6.59. The van der Waals surface area contributed by atoms with Gasteiger partial charge in [-0.05, 0) is 43.0 Å². The van der Waals surface area contributed by atoms with Crippen molar-refractivity contribution >= 4 is 11.6 Å². The summed E-state index contributed by atoms with van der Waals surface area (Å²) in [4.78, 5) is 0. The van der Waals surface area contributed by atoms with Crippen LogP contribution >= 0.6 is 11.6 Å². The lowest BCUT2D eigenvalue weighted by Gasteiger charge is -2.41. The molecule has 1 saturated carbocycles. The minimum Gasteiger partial charge on any atom is -0.495 e. The van der Waals surface area contributed by atoms with Gasteiger partial charge in [0.05, 0.1) is 12.1 Å². The van der Waals surface area contributed by atoms with Crippen molar-refractivity contribution in [2.45, 2.75) is 45.1 Å². The molecule has 0 saturated heterocycles. The maximum Gasteiger partial charge on any atom is 0.137 e. The molecule has 0 bridgehead atoms. The zero-order valence-corrected chi connectivity index (χ0v) is 12.9. The molecule has 2 rings (SSSR count). The van der Waals surface area contributed by atoms with Crippen LogP contribution in [-0.2, 0) is 0 Å². The highest BCUT2D eigenvalue weighted by Crippen LogP contribution is 2.46. The first-order chi connectivity index (χ1) is 9.10. The summed E-state index contributed by atoms with van der Waals surface area (Å²) in [6, 6.07) is 6.50. The first-order valence-electron chi connectivity index (χ1n) is 7.11. The van der Waals surface area contributed by atoms with Crippen LogP contribution in [-0.4, -0.2) is 14.2 Å². The van der Waals surface area contributed by atoms with E-state index in [-0.39, 0.29) is 0 Å². The van der Waals surface area contributed by atoms with E-state index in [2.05, 4.69) is 18.3 Å². The standard InChI is InChI=1S/C16H24ClNO/c1-16(9-5-4-6-10-16)15(18-2)12-7-8-14(19-3)13(17)11-12/h7-8,11,15,18H,4-6,9-10H2,1-3H3. The number of hydrogen-bond acceptors (Lipinski definition) is 2. The molecule has 1 aliphatic rings. The zero-order chi connectivity index (χ0) is 13.9. The summed E-state index contributed by atoms with van der Waals surface area (Å²) in [5.41, 5.74) is 1.59. The van der Waals surface area contributed by atoms with Gasteiger partial charge in [0.15, 0.2) is 0 Å². The van der Waals surface area contributed by atoms with Crippen LogP contribution < -0.4 is 10.1 Å². The molecule has 1 aliphatic carbocycles. The van der Waals surface area contributed by atoms with Gasteiger partial charge in [0.25, 0.3) is 0 Å². The van der Waals surface area contributed by atoms with Gasteiger partial charge in [-0.1, -0.05) is 43.9 Å². The summed E-state index contributed by atoms with van der Waals surface area (Å²) in [7, 11) is 3.70. The summed E-state index contributed by atoms with van der Waals surface area (Å²) in [5, 5.41) is 4.19. The predicted molar refractivity (Wildman–Crippen MR) is 81.0 cm³/mol. The third-order valence-electron chi connectivity index (χ3n) is 4.49. The summed E-state index contributed by atoms with van der Waals surface area (Å²) in [5.74, 6) is 0.745. The van der Waals surface area contributed by atoms with E-state index in [9.17, 15) is 0 Å². The van der Waals surface area contributed by atoms with Gasteiger partial charge in [0.2, 0.25) is 0 Å². The van der Waals surface area contributed by atoms with Crippen molar-refractivity contribution in [1.82, 2.24) is 5.32 Å². The molecule has 2 nitrogen and oxygen atoms in total. The van der Waals surface area contributed by atoms with Crippen LogP contribution in [0, 0.1) is 5.41 Å². The van der Waals surface area contributed by atoms with E-state index < -0.39 is 0 Å². The fourth-order valence-electron chi connectivity index (χ4n) is 3.43. The fraction of sp³-hybridized carbons (Fsp3) is 0.625. The molecule has 19 heavy (non-hydrogen) atoms. The number of halogens is 1. The summed E-state index contributed by atoms with van der Waals surface area (Å²) < 4.78 is 5.23. The SMILES string of the molecule is CNC(c1ccc(OC)c(Cl)c1)C1(C)CCCCC1. The molecular weight excluding hydrogens is 258 g/mol. The molecule has 106 valence electrons. The smallest absolute Gasteiger partial charge is 0.137 e. The normalized spacial score (nSPS) is 20.0. The minimum absolute atomic E-state index is 0.324. The number of methoxy groups -OCH3 is 1. The van der Waals surface area contributed by atoms with Gasteiger partial charge >= 0.3 is 0 Å². The third-order valence-corrected chi connectivity index (χ3v) is 4.79. The fourth-order valence-corrected chi connectivity index (χ4v) is 3.69. The maximum absolute atomic E-state index is 6.26. The lowest BCUT2D eigenvalue weighted by atomic mass is 9.68. The second-order valence-corrected chi connectivity index (χ2v) is 6.24. The molecule has 1 aromatic rings. The molecule has 0 aromatic heterocycles. The summed E-state index contributed by atoms with van der Waals surface area (Å²) in [6.45, 7) is 2.39. The highest BCUT2D eigenvalue weighted by Gasteiger charge is 2.35. The van der Waals surface area contributed by atoms with Crippen molar-refractivity contribution in [2.24, 2.45) is 5.41 Å². The molecule has 0 heterocycles. The van der Waals surface area contributed by atoms with Crippen LogP contribution in [0.3, 0.4) is 0 Å². The van der Waals surface area contributed by atoms with Gasteiger partial charge in [-0.2, -0.15) is 0 Å². The van der Waals surface area contributed by atoms with E-state index in [1.165, 1.54) is 37.7 Å². The Labute approximate surface area is 121 Å². The van der Waals surface area contributed by atoms with E-state index in [0.29, 0.717) is 16.5 Å². The minimum atomic E-state index is 0.324. The van der Waals surface area contributed by atoms with Crippen LogP contribution in [0.1, 0.15) is 50.6 Å². The number of benzene rings is 1. The first-order valence-corrected chi connectivity index (χ1v) is 7.49. The van der Waals surface area contributed by atoms with Gasteiger partial charge < -0.3 is 10.1 Å². The van der Waals surface area contributed by atoms with Crippen LogP contribution in [0.4, 0.5) is 0 Å². The average molecular weight is 282 g/mol.